The molecule has 3 atom stereocenters. The van der Waals surface area contributed by atoms with Gasteiger partial charge in [-0.15, -0.1) is 0 Å². The maximum Gasteiger partial charge on any atom is 0.264 e. The summed E-state index contributed by atoms with van der Waals surface area (Å²) >= 11 is 7.64. The largest absolute Gasteiger partial charge is 0.354 e. The van der Waals surface area contributed by atoms with Crippen LogP contribution in [-0.2, 0) is 22.7 Å². The first-order valence-corrected chi connectivity index (χ1v) is 14.3. The zero-order valence-electron chi connectivity index (χ0n) is 20.8. The van der Waals surface area contributed by atoms with Gasteiger partial charge in [0.15, 0.2) is 10.8 Å². The fourth-order valence-corrected chi connectivity index (χ4v) is 6.97. The number of benzene rings is 1. The van der Waals surface area contributed by atoms with Gasteiger partial charge in [-0.3, -0.25) is 28.8 Å². The average molecular weight is 554 g/mol. The van der Waals surface area contributed by atoms with Crippen molar-refractivity contribution in [3.8, 4) is 0 Å². The van der Waals surface area contributed by atoms with E-state index in [0.717, 1.165) is 36.4 Å². The van der Waals surface area contributed by atoms with Gasteiger partial charge in [0.05, 0.1) is 37.3 Å². The molecule has 3 aromatic rings. The van der Waals surface area contributed by atoms with Gasteiger partial charge in [0.2, 0.25) is 11.8 Å². The number of carbonyl (C=O) groups excluding carboxylic acids is 2. The van der Waals surface area contributed by atoms with Crippen LogP contribution in [0.3, 0.4) is 0 Å². The Kier molecular flexibility index (Phi) is 6.96. The van der Waals surface area contributed by atoms with E-state index < -0.39 is 0 Å². The van der Waals surface area contributed by atoms with Crippen molar-refractivity contribution in [3.63, 3.8) is 0 Å². The molecule has 12 heteroatoms. The maximum absolute atomic E-state index is 13.1. The average Bonchev–Trinajstić information content (AvgIpc) is 3.50. The molecule has 3 unspecified atom stereocenters. The molecule has 0 radical (unpaired) electrons. The molecule has 4 heterocycles. The minimum absolute atomic E-state index is 0.0348. The van der Waals surface area contributed by atoms with E-state index in [2.05, 4.69) is 15.4 Å². The molecule has 198 valence electrons. The summed E-state index contributed by atoms with van der Waals surface area (Å²) in [6.07, 6.45) is 7.31. The first kappa shape index (κ1) is 25.1. The predicted molar refractivity (Wildman–Crippen MR) is 146 cm³/mol. The normalized spacial score (nSPS) is 22.8. The molecule has 6 rings (SSSR count). The molecule has 1 N–H and O–H groups in total. The van der Waals surface area contributed by atoms with Gasteiger partial charge in [-0.1, -0.05) is 48.3 Å². The van der Waals surface area contributed by atoms with E-state index in [1.807, 2.05) is 18.2 Å². The monoisotopic (exact) mass is 553 g/mol. The third-order valence-electron chi connectivity index (χ3n) is 7.47. The van der Waals surface area contributed by atoms with Crippen LogP contribution in [0.5, 0.6) is 0 Å². The van der Waals surface area contributed by atoms with Gasteiger partial charge >= 0.3 is 0 Å². The lowest BCUT2D eigenvalue weighted by atomic mass is 9.83. The van der Waals surface area contributed by atoms with Gasteiger partial charge in [-0.05, 0) is 30.5 Å². The number of hydrogen-bond donors (Lipinski definition) is 1. The van der Waals surface area contributed by atoms with Crippen LogP contribution in [0.25, 0.3) is 11.0 Å². The van der Waals surface area contributed by atoms with E-state index in [4.69, 9.17) is 16.6 Å². The molecular formula is C26H28ClN7O3S. The second-order valence-corrected chi connectivity index (χ2v) is 11.4. The van der Waals surface area contributed by atoms with Crippen LogP contribution in [0, 0.1) is 5.92 Å². The molecule has 3 aliphatic rings. The van der Waals surface area contributed by atoms with Crippen molar-refractivity contribution in [3.05, 3.63) is 57.7 Å². The zero-order valence-corrected chi connectivity index (χ0v) is 22.3. The first-order valence-electron chi connectivity index (χ1n) is 12.9. The highest BCUT2D eigenvalue weighted by molar-refractivity contribution is 8.14. The summed E-state index contributed by atoms with van der Waals surface area (Å²) in [6, 6.07) is 7.29. The van der Waals surface area contributed by atoms with Gasteiger partial charge in [-0.25, -0.2) is 9.67 Å². The fourth-order valence-electron chi connectivity index (χ4n) is 5.56. The Morgan fingerprint density at radius 3 is 2.95 bits per heavy atom. The number of aromatic nitrogens is 4. The Labute approximate surface area is 228 Å². The van der Waals surface area contributed by atoms with E-state index in [1.165, 1.54) is 17.1 Å². The van der Waals surface area contributed by atoms with E-state index >= 15 is 0 Å². The number of amides is 2. The number of hydrogen-bond acceptors (Lipinski definition) is 7. The quantitative estimate of drug-likeness (QED) is 0.481. The molecule has 0 spiro atoms. The van der Waals surface area contributed by atoms with Crippen molar-refractivity contribution >= 4 is 51.4 Å². The SMILES string of the molecule is O=C(CC1CSC2=NC3CCCCC3C(=O)N21)NCCn1ncc2c(=O)n(Cc3cccc(Cl)c3)cnc21. The van der Waals surface area contributed by atoms with Crippen LogP contribution in [0.2, 0.25) is 5.02 Å². The van der Waals surface area contributed by atoms with E-state index in [9.17, 15) is 14.4 Å². The van der Waals surface area contributed by atoms with E-state index in [1.54, 1.807) is 27.4 Å². The third kappa shape index (κ3) is 4.84. The number of rotatable bonds is 7. The molecular weight excluding hydrogens is 526 g/mol. The molecule has 10 nitrogen and oxygen atoms in total. The fraction of sp³-hybridized carbons (Fsp3) is 0.462. The molecule has 1 saturated carbocycles. The lowest BCUT2D eigenvalue weighted by Gasteiger charge is -2.37. The Bertz CT molecular complexity index is 1480. The molecule has 1 aromatic carbocycles. The van der Waals surface area contributed by atoms with E-state index in [-0.39, 0.29) is 41.8 Å². The maximum atomic E-state index is 13.1. The summed E-state index contributed by atoms with van der Waals surface area (Å²) in [4.78, 5) is 49.9. The molecule has 38 heavy (non-hydrogen) atoms. The summed E-state index contributed by atoms with van der Waals surface area (Å²) in [5.41, 5.74) is 1.19. The molecule has 1 saturated heterocycles. The van der Waals surface area contributed by atoms with Crippen molar-refractivity contribution in [1.82, 2.24) is 29.5 Å². The van der Waals surface area contributed by atoms with Crippen LogP contribution in [0.4, 0.5) is 0 Å². The lowest BCUT2D eigenvalue weighted by molar-refractivity contribution is -0.135. The molecule has 2 aromatic heterocycles. The summed E-state index contributed by atoms with van der Waals surface area (Å²) in [5, 5.41) is 9.06. The summed E-state index contributed by atoms with van der Waals surface area (Å²) in [7, 11) is 0. The second-order valence-electron chi connectivity index (χ2n) is 10.0. The predicted octanol–water partition coefficient (Wildman–Crippen LogP) is 2.67. The first-order chi connectivity index (χ1) is 18.5. The highest BCUT2D eigenvalue weighted by atomic mass is 35.5. The van der Waals surface area contributed by atoms with Crippen molar-refractivity contribution < 1.29 is 9.59 Å². The highest BCUT2D eigenvalue weighted by Gasteiger charge is 2.45. The molecule has 2 amide bonds. The molecule has 2 fully saturated rings. The zero-order chi connectivity index (χ0) is 26.2. The van der Waals surface area contributed by atoms with Crippen LogP contribution in [0.15, 0.2) is 46.6 Å². The summed E-state index contributed by atoms with van der Waals surface area (Å²) < 4.78 is 3.14. The molecule has 2 aliphatic heterocycles. The van der Waals surface area contributed by atoms with Crippen LogP contribution >= 0.6 is 23.4 Å². The van der Waals surface area contributed by atoms with Crippen LogP contribution in [0.1, 0.15) is 37.7 Å². The van der Waals surface area contributed by atoms with Crippen molar-refractivity contribution in [2.24, 2.45) is 10.9 Å². The summed E-state index contributed by atoms with van der Waals surface area (Å²) in [6.45, 7) is 1.07. The van der Waals surface area contributed by atoms with Gasteiger partial charge in [0.25, 0.3) is 5.56 Å². The molecule has 0 bridgehead atoms. The Hall–Kier alpha value is -3.18. The van der Waals surface area contributed by atoms with Crippen LogP contribution in [-0.4, -0.2) is 65.6 Å². The van der Waals surface area contributed by atoms with Crippen LogP contribution < -0.4 is 10.9 Å². The Morgan fingerprint density at radius 2 is 2.08 bits per heavy atom. The summed E-state index contributed by atoms with van der Waals surface area (Å²) in [5.74, 6) is 0.667. The minimum atomic E-state index is -0.187. The van der Waals surface area contributed by atoms with Crippen molar-refractivity contribution in [1.29, 1.82) is 0 Å². The van der Waals surface area contributed by atoms with E-state index in [0.29, 0.717) is 41.4 Å². The lowest BCUT2D eigenvalue weighted by Crippen LogP contribution is -2.51. The van der Waals surface area contributed by atoms with Gasteiger partial charge in [0, 0.05) is 23.7 Å². The third-order valence-corrected chi connectivity index (χ3v) is 8.81. The number of aliphatic imine (C=N–C) groups is 1. The number of fused-ring (bicyclic) bond motifs is 3. The van der Waals surface area contributed by atoms with Gasteiger partial charge < -0.3 is 5.32 Å². The number of carbonyl (C=O) groups is 2. The topological polar surface area (TPSA) is 114 Å². The van der Waals surface area contributed by atoms with Crippen molar-refractivity contribution in [2.45, 2.75) is 57.3 Å². The van der Waals surface area contributed by atoms with Gasteiger partial charge in [-0.2, -0.15) is 5.10 Å². The van der Waals surface area contributed by atoms with Gasteiger partial charge in [0.1, 0.15) is 11.7 Å². The minimum Gasteiger partial charge on any atom is -0.354 e. The Morgan fingerprint density at radius 1 is 1.21 bits per heavy atom. The molecule has 1 aliphatic carbocycles. The highest BCUT2D eigenvalue weighted by Crippen LogP contribution is 2.38. The number of nitrogens with zero attached hydrogens (tertiary/aromatic N) is 6. The Balaban J connectivity index is 1.06. The number of nitrogens with one attached hydrogen (secondary N) is 1. The number of amidine groups is 1. The standard InChI is InChI=1S/C26H28ClN7O3S/c27-17-5-3-4-16(10-17)13-32-15-29-23-20(24(32)36)12-30-33(23)9-8-28-22(35)11-18-14-38-26-31-21-7-2-1-6-19(21)25(37)34(18)26/h3-5,10,12,15,18-19,21H,1-2,6-9,11,13-14H2,(H,28,35). The smallest absolute Gasteiger partial charge is 0.264 e. The number of halogens is 1. The second kappa shape index (κ2) is 10.5. The van der Waals surface area contributed by atoms with Crippen molar-refractivity contribution in [2.75, 3.05) is 12.3 Å². The number of thioether (sulfide) groups is 1.